The second kappa shape index (κ2) is 22.1. The fourth-order valence-electron chi connectivity index (χ4n) is 7.72. The SMILES string of the molecule is C/C(=N\NC(N)=O)c1ccc(OCCCOc2c3cccc2Cc2cccc(c2O)Cc2cccc(c2OCCCOc2ccc(/C(C)=N/NC(N)=O)cc2)Cc2cccc(c2O)C3)cc1. The van der Waals surface area contributed by atoms with E-state index in [4.69, 9.17) is 30.4 Å². The number of urea groups is 2. The topological polar surface area (TPSA) is 212 Å². The summed E-state index contributed by atoms with van der Waals surface area (Å²) in [6.45, 7) is 5.10. The van der Waals surface area contributed by atoms with Crippen LogP contribution >= 0.6 is 0 Å². The highest BCUT2D eigenvalue weighted by Crippen LogP contribution is 2.38. The summed E-state index contributed by atoms with van der Waals surface area (Å²) in [6, 6.07) is 37.1. The van der Waals surface area contributed by atoms with Crippen LogP contribution in [0, 0.1) is 0 Å². The average molecular weight is 891 g/mol. The van der Waals surface area contributed by atoms with Crippen LogP contribution < -0.4 is 41.3 Å². The van der Waals surface area contributed by atoms with Gasteiger partial charge >= 0.3 is 12.1 Å². The van der Waals surface area contributed by atoms with Crippen LogP contribution in [0.1, 0.15) is 82.3 Å². The van der Waals surface area contributed by atoms with Crippen LogP contribution in [-0.2, 0) is 25.7 Å². The Labute approximate surface area is 383 Å². The van der Waals surface area contributed by atoms with E-state index in [1.54, 1.807) is 13.8 Å². The number of nitrogens with one attached hydrogen (secondary N) is 2. The highest BCUT2D eigenvalue weighted by Gasteiger charge is 2.20. The molecule has 1 aliphatic rings. The van der Waals surface area contributed by atoms with Crippen molar-refractivity contribution in [1.29, 1.82) is 0 Å². The molecular weight excluding hydrogens is 837 g/mol. The zero-order valence-electron chi connectivity index (χ0n) is 37.0. The van der Waals surface area contributed by atoms with Crippen molar-refractivity contribution >= 4 is 23.5 Å². The monoisotopic (exact) mass is 890 g/mol. The van der Waals surface area contributed by atoms with Crippen molar-refractivity contribution in [3.8, 4) is 34.5 Å². The second-order valence-electron chi connectivity index (χ2n) is 15.9. The average Bonchev–Trinajstić information content (AvgIpc) is 3.31. The van der Waals surface area contributed by atoms with Gasteiger partial charge in [0.15, 0.2) is 0 Å². The Balaban J connectivity index is 1.06. The van der Waals surface area contributed by atoms with Gasteiger partial charge in [0, 0.05) is 38.5 Å². The van der Waals surface area contributed by atoms with E-state index in [-0.39, 0.29) is 11.5 Å². The molecule has 14 heteroatoms. The Hall–Kier alpha value is -8.00. The number of para-hydroxylation sites is 4. The number of fused-ring (bicyclic) bond motifs is 8. The van der Waals surface area contributed by atoms with E-state index >= 15 is 0 Å². The van der Waals surface area contributed by atoms with Crippen molar-refractivity contribution in [2.45, 2.75) is 52.4 Å². The number of phenols is 2. The fraction of sp³-hybridized carbons (Fsp3) is 0.231. The zero-order chi connectivity index (χ0) is 46.4. The van der Waals surface area contributed by atoms with E-state index in [1.807, 2.05) is 121 Å². The number of rotatable bonds is 16. The molecule has 0 saturated carbocycles. The van der Waals surface area contributed by atoms with E-state index in [0.717, 1.165) is 55.6 Å². The second-order valence-corrected chi connectivity index (χ2v) is 15.9. The van der Waals surface area contributed by atoms with Gasteiger partial charge in [-0.15, -0.1) is 0 Å². The predicted octanol–water partition coefficient (Wildman–Crippen LogP) is 8.25. The Morgan fingerprint density at radius 2 is 0.758 bits per heavy atom. The Bertz CT molecular complexity index is 2450. The summed E-state index contributed by atoms with van der Waals surface area (Å²) in [5.41, 5.74) is 24.3. The van der Waals surface area contributed by atoms with Crippen molar-refractivity contribution < 1.29 is 38.7 Å². The number of aromatic hydroxyl groups is 2. The van der Waals surface area contributed by atoms with Gasteiger partial charge in [0.2, 0.25) is 0 Å². The largest absolute Gasteiger partial charge is 0.507 e. The van der Waals surface area contributed by atoms with Crippen LogP contribution in [0.3, 0.4) is 0 Å². The van der Waals surface area contributed by atoms with Gasteiger partial charge in [-0.3, -0.25) is 0 Å². The highest BCUT2D eigenvalue weighted by molar-refractivity contribution is 5.99. The van der Waals surface area contributed by atoms with Gasteiger partial charge in [-0.05, 0) is 118 Å². The Morgan fingerprint density at radius 3 is 1.06 bits per heavy atom. The number of amides is 4. The number of benzene rings is 6. The third-order valence-corrected chi connectivity index (χ3v) is 11.1. The maximum Gasteiger partial charge on any atom is 0.332 e. The number of phenolic OH excluding ortho intramolecular Hbond substituents is 2. The number of hydrazone groups is 2. The molecule has 0 spiro atoms. The highest BCUT2D eigenvalue weighted by atomic mass is 16.5. The van der Waals surface area contributed by atoms with E-state index < -0.39 is 12.1 Å². The third-order valence-electron chi connectivity index (χ3n) is 11.1. The standard InChI is InChI=1S/C52H54N6O8/c1-33(55-57-51(53)61)35-17-21-45(22-18-35)63-25-7-27-65-49-41-13-5-14-42(49)30-38-10-4-12-40(48(38)60)32-44-16-6-15-43(31-39-11-3-9-37(29-41)47(39)59)50(44)66-28-8-26-64-46-23-19-36(20-24-46)34(2)56-58-52(54)62/h3-6,9-24,59-60H,7-8,25-32H2,1-2H3,(H3,53,57,61)(H3,54,58,62)/b55-33+,56-34+. The molecule has 0 aromatic heterocycles. The lowest BCUT2D eigenvalue weighted by atomic mass is 9.91. The number of hydrogen-bond donors (Lipinski definition) is 6. The van der Waals surface area contributed by atoms with Crippen LogP contribution in [0.5, 0.6) is 34.5 Å². The number of nitrogens with two attached hydrogens (primary N) is 2. The minimum atomic E-state index is -0.729. The van der Waals surface area contributed by atoms with Gasteiger partial charge in [0.1, 0.15) is 34.5 Å². The summed E-state index contributed by atoms with van der Waals surface area (Å²) in [7, 11) is 0. The van der Waals surface area contributed by atoms with E-state index in [2.05, 4.69) is 21.1 Å². The summed E-state index contributed by atoms with van der Waals surface area (Å²) in [6.07, 6.45) is 2.86. The minimum absolute atomic E-state index is 0.218. The van der Waals surface area contributed by atoms with E-state index in [1.165, 1.54) is 0 Å². The van der Waals surface area contributed by atoms with Gasteiger partial charge in [-0.25, -0.2) is 20.4 Å². The molecule has 6 aromatic rings. The van der Waals surface area contributed by atoms with E-state index in [0.29, 0.717) is 99.4 Å². The molecule has 6 aromatic carbocycles. The van der Waals surface area contributed by atoms with Gasteiger partial charge < -0.3 is 40.6 Å². The summed E-state index contributed by atoms with van der Waals surface area (Å²) in [5, 5.41) is 31.6. The molecule has 66 heavy (non-hydrogen) atoms. The van der Waals surface area contributed by atoms with Crippen molar-refractivity contribution in [2.75, 3.05) is 26.4 Å². The normalized spacial score (nSPS) is 12.5. The molecule has 8 N–H and O–H groups in total. The lowest BCUT2D eigenvalue weighted by molar-refractivity contribution is 0.245. The molecule has 0 saturated heterocycles. The molecule has 14 nitrogen and oxygen atoms in total. The number of carbonyl (C=O) groups excluding carboxylic acids is 2. The number of carbonyl (C=O) groups is 2. The van der Waals surface area contributed by atoms with Crippen LogP contribution in [0.4, 0.5) is 9.59 Å². The quantitative estimate of drug-likeness (QED) is 0.0315. The zero-order valence-corrected chi connectivity index (χ0v) is 37.0. The molecule has 0 atom stereocenters. The molecule has 0 fully saturated rings. The van der Waals surface area contributed by atoms with Crippen LogP contribution in [-0.4, -0.2) is 60.1 Å². The minimum Gasteiger partial charge on any atom is -0.507 e. The number of hydrogen-bond acceptors (Lipinski definition) is 10. The first-order chi connectivity index (χ1) is 32.0. The molecule has 340 valence electrons. The smallest absolute Gasteiger partial charge is 0.332 e. The molecule has 0 radical (unpaired) electrons. The molecule has 0 heterocycles. The van der Waals surface area contributed by atoms with Crippen LogP contribution in [0.15, 0.2) is 132 Å². The molecule has 0 aliphatic heterocycles. The Morgan fingerprint density at radius 1 is 0.470 bits per heavy atom. The number of ether oxygens (including phenoxy) is 4. The van der Waals surface area contributed by atoms with Gasteiger partial charge in [0.25, 0.3) is 0 Å². The van der Waals surface area contributed by atoms with Gasteiger partial charge in [-0.2, -0.15) is 10.2 Å². The lowest BCUT2D eigenvalue weighted by Gasteiger charge is -2.20. The predicted molar refractivity (Wildman–Crippen MR) is 254 cm³/mol. The number of primary amides is 2. The molecule has 1 aliphatic carbocycles. The molecule has 4 amide bonds. The van der Waals surface area contributed by atoms with Gasteiger partial charge in [-0.1, -0.05) is 72.8 Å². The van der Waals surface area contributed by atoms with Crippen molar-refractivity contribution in [1.82, 2.24) is 10.9 Å². The maximum absolute atomic E-state index is 11.8. The molecule has 8 bridgehead atoms. The fourth-order valence-corrected chi connectivity index (χ4v) is 7.72. The van der Waals surface area contributed by atoms with E-state index in [9.17, 15) is 19.8 Å². The molecular formula is C52H54N6O8. The van der Waals surface area contributed by atoms with Crippen molar-refractivity contribution in [2.24, 2.45) is 21.7 Å². The van der Waals surface area contributed by atoms with Gasteiger partial charge in [0.05, 0.1) is 37.9 Å². The number of nitrogens with zero attached hydrogens (tertiary/aromatic N) is 2. The first-order valence-electron chi connectivity index (χ1n) is 21.7. The van der Waals surface area contributed by atoms with Crippen molar-refractivity contribution in [3.05, 3.63) is 177 Å². The summed E-state index contributed by atoms with van der Waals surface area (Å²) >= 11 is 0. The summed E-state index contributed by atoms with van der Waals surface area (Å²) in [5.74, 6) is 3.23. The molecule has 7 rings (SSSR count). The summed E-state index contributed by atoms with van der Waals surface area (Å²) < 4.78 is 25.2. The van der Waals surface area contributed by atoms with Crippen molar-refractivity contribution in [3.63, 3.8) is 0 Å². The summed E-state index contributed by atoms with van der Waals surface area (Å²) in [4.78, 5) is 22.0. The third kappa shape index (κ3) is 12.2. The van der Waals surface area contributed by atoms with Crippen LogP contribution in [0.2, 0.25) is 0 Å². The lowest BCUT2D eigenvalue weighted by Crippen LogP contribution is -2.25. The van der Waals surface area contributed by atoms with Crippen LogP contribution in [0.25, 0.3) is 0 Å². The molecule has 0 unspecified atom stereocenters. The maximum atomic E-state index is 11.8. The first-order valence-corrected chi connectivity index (χ1v) is 21.7. The Kier molecular flexibility index (Phi) is 15.4. The first kappa shape index (κ1) is 46.0.